The molecule has 0 radical (unpaired) electrons. The Morgan fingerprint density at radius 2 is 2.14 bits per heavy atom. The van der Waals surface area contributed by atoms with Crippen LogP contribution in [0.1, 0.15) is 0 Å². The molecular formula is C7H11ClN2O4. The van der Waals surface area contributed by atoms with E-state index in [0.29, 0.717) is 0 Å². The van der Waals surface area contributed by atoms with Crippen molar-refractivity contribution in [1.82, 2.24) is 10.2 Å². The quantitative estimate of drug-likeness (QED) is 0.527. The highest BCUT2D eigenvalue weighted by molar-refractivity contribution is 6.27. The first-order chi connectivity index (χ1) is 6.54. The Balaban J connectivity index is 2.48. The first-order valence-corrected chi connectivity index (χ1v) is 4.59. The summed E-state index contributed by atoms with van der Waals surface area (Å²) in [6.45, 7) is 0.113. The van der Waals surface area contributed by atoms with E-state index < -0.39 is 24.1 Å². The van der Waals surface area contributed by atoms with Gasteiger partial charge in [0.2, 0.25) is 5.91 Å². The summed E-state index contributed by atoms with van der Waals surface area (Å²) < 4.78 is 0. The number of amides is 2. The lowest BCUT2D eigenvalue weighted by Gasteiger charge is -2.14. The number of halogens is 1. The van der Waals surface area contributed by atoms with Crippen LogP contribution in [0.25, 0.3) is 0 Å². The number of likely N-dealkylation sites (tertiary alicyclic amines) is 1. The Morgan fingerprint density at radius 1 is 1.50 bits per heavy atom. The monoisotopic (exact) mass is 222 g/mol. The van der Waals surface area contributed by atoms with E-state index in [1.54, 1.807) is 0 Å². The van der Waals surface area contributed by atoms with Gasteiger partial charge in [-0.2, -0.15) is 0 Å². The molecule has 0 bridgehead atoms. The maximum atomic E-state index is 10.9. The van der Waals surface area contributed by atoms with Gasteiger partial charge in [0.25, 0.3) is 0 Å². The minimum Gasteiger partial charge on any atom is -0.465 e. The summed E-state index contributed by atoms with van der Waals surface area (Å²) in [5.41, 5.74) is 0. The molecule has 1 fully saturated rings. The number of hydrogen-bond acceptors (Lipinski definition) is 3. The van der Waals surface area contributed by atoms with Crippen LogP contribution in [0.15, 0.2) is 0 Å². The molecule has 0 aromatic rings. The van der Waals surface area contributed by atoms with Crippen LogP contribution in [0.5, 0.6) is 0 Å². The number of carbonyl (C=O) groups is 2. The van der Waals surface area contributed by atoms with Gasteiger partial charge in [-0.1, -0.05) is 0 Å². The summed E-state index contributed by atoms with van der Waals surface area (Å²) in [5.74, 6) is -0.612. The summed E-state index contributed by atoms with van der Waals surface area (Å²) in [5, 5.41) is 20.4. The van der Waals surface area contributed by atoms with Gasteiger partial charge >= 0.3 is 6.09 Å². The van der Waals surface area contributed by atoms with Gasteiger partial charge < -0.3 is 20.4 Å². The van der Waals surface area contributed by atoms with Crippen molar-refractivity contribution in [3.63, 3.8) is 0 Å². The highest BCUT2D eigenvalue weighted by Crippen LogP contribution is 2.10. The van der Waals surface area contributed by atoms with E-state index in [-0.39, 0.29) is 19.0 Å². The van der Waals surface area contributed by atoms with Gasteiger partial charge in [0, 0.05) is 6.54 Å². The Hall–Kier alpha value is -1.01. The van der Waals surface area contributed by atoms with Crippen LogP contribution in [0.3, 0.4) is 0 Å². The number of aliphatic hydroxyl groups excluding tert-OH is 1. The van der Waals surface area contributed by atoms with Crippen LogP contribution in [0.2, 0.25) is 0 Å². The van der Waals surface area contributed by atoms with Crippen LogP contribution in [-0.4, -0.2) is 58.2 Å². The van der Waals surface area contributed by atoms with Crippen molar-refractivity contribution in [2.75, 3.05) is 19.0 Å². The number of aliphatic hydroxyl groups is 1. The normalized spacial score (nSPS) is 26.3. The van der Waals surface area contributed by atoms with Crippen LogP contribution in [0.4, 0.5) is 4.79 Å². The number of alkyl halides is 1. The van der Waals surface area contributed by atoms with Gasteiger partial charge in [-0.25, -0.2) is 4.79 Å². The largest absolute Gasteiger partial charge is 0.465 e. The molecule has 14 heavy (non-hydrogen) atoms. The van der Waals surface area contributed by atoms with Gasteiger partial charge in [0.05, 0.1) is 18.7 Å². The summed E-state index contributed by atoms with van der Waals surface area (Å²) in [6.07, 6.45) is -1.97. The molecule has 2 atom stereocenters. The molecule has 1 aliphatic rings. The SMILES string of the molecule is O=C(CCl)NC1CN(C(=O)O)CC1O. The van der Waals surface area contributed by atoms with Crippen molar-refractivity contribution in [2.24, 2.45) is 0 Å². The molecule has 0 saturated carbocycles. The van der Waals surface area contributed by atoms with Gasteiger partial charge in [-0.3, -0.25) is 4.79 Å². The van der Waals surface area contributed by atoms with E-state index >= 15 is 0 Å². The smallest absolute Gasteiger partial charge is 0.407 e. The van der Waals surface area contributed by atoms with E-state index in [4.69, 9.17) is 16.7 Å². The Labute approximate surface area is 85.4 Å². The van der Waals surface area contributed by atoms with Crippen LogP contribution >= 0.6 is 11.6 Å². The highest BCUT2D eigenvalue weighted by atomic mass is 35.5. The third kappa shape index (κ3) is 2.49. The lowest BCUT2D eigenvalue weighted by molar-refractivity contribution is -0.119. The Bertz CT molecular complexity index is 248. The molecule has 1 rings (SSSR count). The summed E-state index contributed by atoms with van der Waals surface area (Å²) in [4.78, 5) is 22.4. The zero-order valence-electron chi connectivity index (χ0n) is 7.31. The molecule has 1 heterocycles. The molecular weight excluding hydrogens is 212 g/mol. The summed E-state index contributed by atoms with van der Waals surface area (Å²) in [6, 6.07) is -0.558. The topological polar surface area (TPSA) is 89.9 Å². The maximum absolute atomic E-state index is 10.9. The predicted octanol–water partition coefficient (Wildman–Crippen LogP) is -0.936. The number of β-amino-alcohol motifs (C(OH)–C–C–N with tert-alkyl or cyclic N) is 1. The number of carboxylic acid groups (broad SMARTS) is 1. The minimum absolute atomic E-state index is 0.0164. The molecule has 0 spiro atoms. The highest BCUT2D eigenvalue weighted by Gasteiger charge is 2.34. The fourth-order valence-electron chi connectivity index (χ4n) is 1.33. The van der Waals surface area contributed by atoms with Gasteiger partial charge in [-0.05, 0) is 0 Å². The van der Waals surface area contributed by atoms with E-state index in [9.17, 15) is 14.7 Å². The second-order valence-electron chi connectivity index (χ2n) is 3.06. The van der Waals surface area contributed by atoms with Crippen molar-refractivity contribution in [3.05, 3.63) is 0 Å². The van der Waals surface area contributed by atoms with Gasteiger partial charge in [-0.15, -0.1) is 11.6 Å². The Kier molecular flexibility index (Phi) is 3.54. The number of rotatable bonds is 2. The van der Waals surface area contributed by atoms with E-state index in [0.717, 1.165) is 4.90 Å². The zero-order chi connectivity index (χ0) is 10.7. The van der Waals surface area contributed by atoms with Crippen molar-refractivity contribution in [2.45, 2.75) is 12.1 Å². The van der Waals surface area contributed by atoms with Crippen LogP contribution in [0, 0.1) is 0 Å². The maximum Gasteiger partial charge on any atom is 0.407 e. The molecule has 2 unspecified atom stereocenters. The number of nitrogens with zero attached hydrogens (tertiary/aromatic N) is 1. The summed E-state index contributed by atoms with van der Waals surface area (Å²) >= 11 is 5.25. The Morgan fingerprint density at radius 3 is 2.57 bits per heavy atom. The molecule has 2 amide bonds. The van der Waals surface area contributed by atoms with Crippen molar-refractivity contribution in [3.8, 4) is 0 Å². The van der Waals surface area contributed by atoms with Crippen LogP contribution < -0.4 is 5.32 Å². The van der Waals surface area contributed by atoms with Crippen molar-refractivity contribution >= 4 is 23.6 Å². The number of carbonyl (C=O) groups excluding carboxylic acids is 1. The average Bonchev–Trinajstić information content (AvgIpc) is 2.48. The standard InChI is InChI=1S/C7H11ClN2O4/c8-1-6(12)9-4-2-10(7(13)14)3-5(4)11/h4-5,11H,1-3H2,(H,9,12)(H,13,14). The van der Waals surface area contributed by atoms with E-state index in [1.165, 1.54) is 0 Å². The third-order valence-corrected chi connectivity index (χ3v) is 2.27. The van der Waals surface area contributed by atoms with Crippen molar-refractivity contribution in [1.29, 1.82) is 0 Å². The second kappa shape index (κ2) is 4.47. The van der Waals surface area contributed by atoms with Crippen molar-refractivity contribution < 1.29 is 19.8 Å². The molecule has 80 valence electrons. The molecule has 0 aromatic heterocycles. The lowest BCUT2D eigenvalue weighted by Crippen LogP contribution is -2.43. The van der Waals surface area contributed by atoms with Gasteiger partial charge in [0.15, 0.2) is 0 Å². The summed E-state index contributed by atoms with van der Waals surface area (Å²) in [7, 11) is 0. The average molecular weight is 223 g/mol. The molecule has 0 aliphatic carbocycles. The first-order valence-electron chi connectivity index (χ1n) is 4.06. The first kappa shape index (κ1) is 11.1. The molecule has 1 aliphatic heterocycles. The molecule has 7 heteroatoms. The predicted molar refractivity (Wildman–Crippen MR) is 48.3 cm³/mol. The van der Waals surface area contributed by atoms with Crippen LogP contribution in [-0.2, 0) is 4.79 Å². The molecule has 0 aromatic carbocycles. The number of nitrogens with one attached hydrogen (secondary N) is 1. The van der Waals surface area contributed by atoms with Gasteiger partial charge in [0.1, 0.15) is 5.88 Å². The zero-order valence-corrected chi connectivity index (χ0v) is 8.07. The second-order valence-corrected chi connectivity index (χ2v) is 3.33. The molecule has 1 saturated heterocycles. The lowest BCUT2D eigenvalue weighted by atomic mass is 10.2. The number of hydrogen-bond donors (Lipinski definition) is 3. The minimum atomic E-state index is -1.10. The molecule has 6 nitrogen and oxygen atoms in total. The van der Waals surface area contributed by atoms with E-state index in [2.05, 4.69) is 5.32 Å². The third-order valence-electron chi connectivity index (χ3n) is 2.03. The fourth-order valence-corrected chi connectivity index (χ4v) is 1.41. The van der Waals surface area contributed by atoms with E-state index in [1.807, 2.05) is 0 Å². The molecule has 3 N–H and O–H groups in total. The fraction of sp³-hybridized carbons (Fsp3) is 0.714.